The molecule has 160 valence electrons. The van der Waals surface area contributed by atoms with Crippen LogP contribution in [0.5, 0.6) is 11.5 Å². The Hall–Kier alpha value is -4.24. The van der Waals surface area contributed by atoms with Crippen molar-refractivity contribution in [2.24, 2.45) is 12.8 Å². The first-order valence-electron chi connectivity index (χ1n) is 10.0. The predicted molar refractivity (Wildman–Crippen MR) is 121 cm³/mol. The molecule has 0 radical (unpaired) electrons. The molecule has 0 saturated carbocycles. The number of fused-ring (bicyclic) bond motifs is 1. The van der Waals surface area contributed by atoms with E-state index in [1.54, 1.807) is 18.6 Å². The summed E-state index contributed by atoms with van der Waals surface area (Å²) < 4.78 is 13.5. The Morgan fingerprint density at radius 2 is 2.00 bits per heavy atom. The molecule has 0 bridgehead atoms. The van der Waals surface area contributed by atoms with E-state index in [9.17, 15) is 0 Å². The highest BCUT2D eigenvalue weighted by Gasteiger charge is 2.11. The fraction of sp³-hybridized carbons (Fsp3) is 0.130. The highest BCUT2D eigenvalue weighted by Crippen LogP contribution is 2.30. The molecule has 9 heteroatoms. The lowest BCUT2D eigenvalue weighted by Crippen LogP contribution is -1.99. The average molecular weight is 427 g/mol. The van der Waals surface area contributed by atoms with Gasteiger partial charge in [-0.3, -0.25) is 0 Å². The summed E-state index contributed by atoms with van der Waals surface area (Å²) in [5.41, 5.74) is 10.0. The van der Waals surface area contributed by atoms with Gasteiger partial charge >= 0.3 is 0 Å². The molecule has 9 nitrogen and oxygen atoms in total. The zero-order valence-electron chi connectivity index (χ0n) is 17.6. The van der Waals surface area contributed by atoms with E-state index in [0.29, 0.717) is 29.8 Å². The molecule has 0 atom stereocenters. The Morgan fingerprint density at radius 1 is 1.09 bits per heavy atom. The SMILES string of the molecule is Cc1cc(Nc2ccnc(-c3nc(CN)co3)n2)ccc1Oc1ccc2c(c1)ncn2C. The van der Waals surface area contributed by atoms with E-state index < -0.39 is 0 Å². The highest BCUT2D eigenvalue weighted by molar-refractivity contribution is 5.77. The summed E-state index contributed by atoms with van der Waals surface area (Å²) in [6.45, 7) is 2.29. The van der Waals surface area contributed by atoms with Crippen LogP contribution < -0.4 is 15.8 Å². The lowest BCUT2D eigenvalue weighted by Gasteiger charge is -2.12. The van der Waals surface area contributed by atoms with E-state index in [2.05, 4.69) is 25.3 Å². The number of anilines is 2. The molecule has 0 saturated heterocycles. The zero-order valence-corrected chi connectivity index (χ0v) is 17.6. The quantitative estimate of drug-likeness (QED) is 0.411. The molecule has 0 fully saturated rings. The van der Waals surface area contributed by atoms with Crippen molar-refractivity contribution in [1.82, 2.24) is 24.5 Å². The maximum Gasteiger partial charge on any atom is 0.265 e. The number of oxazole rings is 1. The summed E-state index contributed by atoms with van der Waals surface area (Å²) in [6.07, 6.45) is 4.94. The van der Waals surface area contributed by atoms with Crippen molar-refractivity contribution in [3.63, 3.8) is 0 Å². The molecule has 0 aliphatic heterocycles. The molecule has 0 unspecified atom stereocenters. The van der Waals surface area contributed by atoms with Crippen LogP contribution in [-0.4, -0.2) is 24.5 Å². The molecule has 32 heavy (non-hydrogen) atoms. The second kappa shape index (κ2) is 8.12. The van der Waals surface area contributed by atoms with Crippen LogP contribution in [0.2, 0.25) is 0 Å². The molecule has 0 aliphatic rings. The summed E-state index contributed by atoms with van der Waals surface area (Å²) in [4.78, 5) is 17.4. The molecule has 0 amide bonds. The Morgan fingerprint density at radius 3 is 2.81 bits per heavy atom. The number of rotatable bonds is 6. The van der Waals surface area contributed by atoms with Crippen LogP contribution >= 0.6 is 0 Å². The molecule has 3 N–H and O–H groups in total. The number of aryl methyl sites for hydroxylation is 2. The Kier molecular flexibility index (Phi) is 5.00. The van der Waals surface area contributed by atoms with Gasteiger partial charge in [0.2, 0.25) is 5.82 Å². The Bertz CT molecular complexity index is 1410. The van der Waals surface area contributed by atoms with Crippen LogP contribution in [0.3, 0.4) is 0 Å². The van der Waals surface area contributed by atoms with Crippen molar-refractivity contribution >= 4 is 22.5 Å². The Labute approximate surface area is 183 Å². The largest absolute Gasteiger partial charge is 0.457 e. The molecular weight excluding hydrogens is 406 g/mol. The van der Waals surface area contributed by atoms with Gasteiger partial charge in [0.05, 0.1) is 23.1 Å². The van der Waals surface area contributed by atoms with Crippen LogP contribution in [0.25, 0.3) is 22.7 Å². The smallest absolute Gasteiger partial charge is 0.265 e. The summed E-state index contributed by atoms with van der Waals surface area (Å²) in [5, 5.41) is 3.28. The van der Waals surface area contributed by atoms with Crippen LogP contribution in [0, 0.1) is 6.92 Å². The third-order valence-corrected chi connectivity index (χ3v) is 4.98. The van der Waals surface area contributed by atoms with E-state index in [1.807, 2.05) is 54.9 Å². The maximum absolute atomic E-state index is 6.09. The van der Waals surface area contributed by atoms with Gasteiger partial charge in [-0.2, -0.15) is 0 Å². The highest BCUT2D eigenvalue weighted by atomic mass is 16.5. The van der Waals surface area contributed by atoms with Gasteiger partial charge in [0.1, 0.15) is 23.6 Å². The number of nitrogens with two attached hydrogens (primary N) is 1. The maximum atomic E-state index is 6.09. The van der Waals surface area contributed by atoms with Crippen molar-refractivity contribution in [3.05, 3.63) is 72.5 Å². The van der Waals surface area contributed by atoms with Crippen LogP contribution in [0.15, 0.2) is 65.7 Å². The number of nitrogens with one attached hydrogen (secondary N) is 1. The minimum absolute atomic E-state index is 0.296. The second-order valence-electron chi connectivity index (χ2n) is 7.33. The zero-order chi connectivity index (χ0) is 22.1. The molecule has 3 aromatic heterocycles. The summed E-state index contributed by atoms with van der Waals surface area (Å²) in [6, 6.07) is 13.5. The molecular formula is C23H21N7O2. The van der Waals surface area contributed by atoms with Gasteiger partial charge in [0.25, 0.3) is 5.89 Å². The molecule has 0 spiro atoms. The number of nitrogens with zero attached hydrogens (tertiary/aromatic N) is 5. The molecule has 5 aromatic rings. The van der Waals surface area contributed by atoms with Crippen molar-refractivity contribution in [2.75, 3.05) is 5.32 Å². The van der Waals surface area contributed by atoms with Crippen molar-refractivity contribution in [3.8, 4) is 23.2 Å². The van der Waals surface area contributed by atoms with E-state index in [-0.39, 0.29) is 0 Å². The third kappa shape index (κ3) is 3.88. The molecule has 5 rings (SSSR count). The van der Waals surface area contributed by atoms with Gasteiger partial charge in [-0.15, -0.1) is 0 Å². The first kappa shape index (κ1) is 19.7. The number of ether oxygens (including phenoxy) is 1. The minimum atomic E-state index is 0.296. The topological polar surface area (TPSA) is 117 Å². The van der Waals surface area contributed by atoms with E-state index in [1.165, 1.54) is 6.26 Å². The summed E-state index contributed by atoms with van der Waals surface area (Å²) in [7, 11) is 1.97. The number of aromatic nitrogens is 5. The van der Waals surface area contributed by atoms with E-state index >= 15 is 0 Å². The van der Waals surface area contributed by atoms with Crippen molar-refractivity contribution in [2.45, 2.75) is 13.5 Å². The number of imidazole rings is 1. The summed E-state index contributed by atoms with van der Waals surface area (Å²) >= 11 is 0. The Balaban J connectivity index is 1.33. The van der Waals surface area contributed by atoms with Gasteiger partial charge in [0.15, 0.2) is 0 Å². The minimum Gasteiger partial charge on any atom is -0.457 e. The van der Waals surface area contributed by atoms with Gasteiger partial charge < -0.3 is 24.8 Å². The van der Waals surface area contributed by atoms with Crippen LogP contribution in [0.4, 0.5) is 11.5 Å². The average Bonchev–Trinajstić information content (AvgIpc) is 3.43. The van der Waals surface area contributed by atoms with Gasteiger partial charge in [-0.05, 0) is 48.9 Å². The standard InChI is InChI=1S/C23H21N7O2/c1-14-9-15(27-21-7-8-25-22(29-21)23-28-16(11-24)12-31-23)3-6-20(14)32-17-4-5-19-18(10-17)26-13-30(19)2/h3-10,12-13H,11,24H2,1-2H3,(H,25,27,29). The van der Waals surface area contributed by atoms with Crippen molar-refractivity contribution in [1.29, 1.82) is 0 Å². The molecule has 3 heterocycles. The lowest BCUT2D eigenvalue weighted by molar-refractivity contribution is 0.479. The van der Waals surface area contributed by atoms with Gasteiger partial charge in [0, 0.05) is 31.5 Å². The predicted octanol–water partition coefficient (Wildman–Crippen LogP) is 4.32. The van der Waals surface area contributed by atoms with Gasteiger partial charge in [-0.1, -0.05) is 0 Å². The number of benzene rings is 2. The molecule has 2 aromatic carbocycles. The second-order valence-corrected chi connectivity index (χ2v) is 7.33. The van der Waals surface area contributed by atoms with E-state index in [4.69, 9.17) is 14.9 Å². The van der Waals surface area contributed by atoms with Crippen LogP contribution in [-0.2, 0) is 13.6 Å². The lowest BCUT2D eigenvalue weighted by atomic mass is 10.2. The molecule has 0 aliphatic carbocycles. The fourth-order valence-electron chi connectivity index (χ4n) is 3.33. The normalized spacial score (nSPS) is 11.1. The monoisotopic (exact) mass is 427 g/mol. The van der Waals surface area contributed by atoms with E-state index in [0.717, 1.165) is 33.8 Å². The summed E-state index contributed by atoms with van der Waals surface area (Å²) in [5.74, 6) is 2.85. The first-order valence-corrected chi connectivity index (χ1v) is 10.0. The van der Waals surface area contributed by atoms with Crippen LogP contribution in [0.1, 0.15) is 11.3 Å². The third-order valence-electron chi connectivity index (χ3n) is 4.98. The fourth-order valence-corrected chi connectivity index (χ4v) is 3.33. The number of hydrogen-bond donors (Lipinski definition) is 2. The van der Waals surface area contributed by atoms with Crippen molar-refractivity contribution < 1.29 is 9.15 Å². The van der Waals surface area contributed by atoms with Gasteiger partial charge in [-0.25, -0.2) is 19.9 Å². The number of hydrogen-bond acceptors (Lipinski definition) is 8. The first-order chi connectivity index (χ1) is 15.6.